The summed E-state index contributed by atoms with van der Waals surface area (Å²) in [6, 6.07) is 17.8. The van der Waals surface area contributed by atoms with Crippen LogP contribution in [0.1, 0.15) is 54.9 Å². The zero-order valence-corrected chi connectivity index (χ0v) is 32.0. The maximum atomic E-state index is 15.5. The molecule has 0 saturated heterocycles. The molecule has 0 aliphatic carbocycles. The molecule has 0 radical (unpaired) electrons. The molecule has 0 atom stereocenters. The van der Waals surface area contributed by atoms with Gasteiger partial charge in [-0.1, -0.05) is 47.5 Å². The molecule has 2 aromatic carbocycles. The third kappa shape index (κ3) is 8.24. The average Bonchev–Trinajstić information content (AvgIpc) is 3.11. The van der Waals surface area contributed by atoms with Crippen molar-refractivity contribution in [3.63, 3.8) is 0 Å². The first-order valence-corrected chi connectivity index (χ1v) is 15.2. The Hall–Kier alpha value is -5.34. The number of halogens is 10. The fraction of sp³-hybridized carbons (Fsp3) is 0.0811. The van der Waals surface area contributed by atoms with Crippen molar-refractivity contribution in [2.75, 3.05) is 0 Å². The number of aromatic carboxylic acids is 2. The molecule has 6 aromatic rings. The molecule has 0 amide bonds. The largest absolute Gasteiger partial charge is 0.477 e. The van der Waals surface area contributed by atoms with Crippen molar-refractivity contribution in [3.05, 3.63) is 166 Å². The molecule has 0 aliphatic heterocycles. The Bertz CT molecular complexity index is 2350. The molecule has 4 heterocycles. The van der Waals surface area contributed by atoms with Crippen LogP contribution in [0, 0.1) is 35.4 Å². The number of carboxylic acid groups (broad SMARTS) is 2. The summed E-state index contributed by atoms with van der Waals surface area (Å²) in [6.45, 7) is 0. The van der Waals surface area contributed by atoms with Crippen molar-refractivity contribution in [3.8, 4) is 22.5 Å². The monoisotopic (exact) mass is 1160 g/mol. The van der Waals surface area contributed by atoms with Gasteiger partial charge >= 0.3 is 24.3 Å². The second kappa shape index (κ2) is 16.6. The van der Waals surface area contributed by atoms with E-state index in [1.807, 2.05) is 0 Å². The van der Waals surface area contributed by atoms with Crippen molar-refractivity contribution >= 4 is 11.9 Å². The first-order valence-electron chi connectivity index (χ1n) is 15.2. The van der Waals surface area contributed by atoms with Crippen LogP contribution in [0.5, 0.6) is 0 Å². The summed E-state index contributed by atoms with van der Waals surface area (Å²) in [5.74, 6) is -11.4. The van der Waals surface area contributed by atoms with Crippen molar-refractivity contribution in [2.45, 2.75) is 17.8 Å². The van der Waals surface area contributed by atoms with Crippen LogP contribution in [0.15, 0.2) is 84.9 Å². The van der Waals surface area contributed by atoms with Gasteiger partial charge < -0.3 is 10.2 Å². The Morgan fingerprint density at radius 3 is 1.14 bits per heavy atom. The Labute approximate surface area is 342 Å². The quantitative estimate of drug-likeness (QED) is 0.115. The van der Waals surface area contributed by atoms with E-state index in [1.165, 1.54) is 24.3 Å². The third-order valence-electron chi connectivity index (χ3n) is 8.09. The minimum atomic E-state index is -5.52. The van der Waals surface area contributed by atoms with Gasteiger partial charge in [0.25, 0.3) is 0 Å². The van der Waals surface area contributed by atoms with Gasteiger partial charge in [-0.05, 0) is 47.8 Å². The predicted molar refractivity (Wildman–Crippen MR) is 168 cm³/mol. The maximum absolute atomic E-state index is 15.5. The van der Waals surface area contributed by atoms with Crippen LogP contribution in [0.25, 0.3) is 22.5 Å². The number of nitrogens with zero attached hydrogens (tertiary/aromatic N) is 4. The van der Waals surface area contributed by atoms with E-state index in [0.717, 1.165) is 48.5 Å². The molecular formula is C37H16F10N4O4Pt2-2. The molecule has 0 fully saturated rings. The number of carboxylic acids is 2. The van der Waals surface area contributed by atoms with Crippen molar-refractivity contribution in [2.24, 2.45) is 0 Å². The van der Waals surface area contributed by atoms with Crippen molar-refractivity contribution in [1.29, 1.82) is 0 Å². The Balaban J connectivity index is 0.00000360. The van der Waals surface area contributed by atoms with E-state index < -0.39 is 121 Å². The average molecular weight is 1160 g/mol. The van der Waals surface area contributed by atoms with Gasteiger partial charge in [0.05, 0.1) is 46.0 Å². The zero-order valence-electron chi connectivity index (χ0n) is 27.5. The number of benzene rings is 2. The molecule has 0 unspecified atom stereocenters. The smallest absolute Gasteiger partial charge is 0.405 e. The number of hydrogen-bond acceptors (Lipinski definition) is 6. The summed E-state index contributed by atoms with van der Waals surface area (Å²) in [7, 11) is 0. The van der Waals surface area contributed by atoms with Crippen LogP contribution in [0.4, 0.5) is 43.9 Å². The van der Waals surface area contributed by atoms with Crippen LogP contribution in [-0.4, -0.2) is 42.1 Å². The molecule has 20 heteroatoms. The van der Waals surface area contributed by atoms with Gasteiger partial charge in [-0.3, -0.25) is 27.5 Å². The molecule has 300 valence electrons. The van der Waals surface area contributed by atoms with E-state index in [4.69, 9.17) is 0 Å². The van der Waals surface area contributed by atoms with Gasteiger partial charge in [-0.25, -0.2) is 19.6 Å². The van der Waals surface area contributed by atoms with E-state index in [1.54, 1.807) is 0 Å². The number of rotatable bonds is 8. The number of alkyl halides is 6. The van der Waals surface area contributed by atoms with Gasteiger partial charge in [-0.15, -0.1) is 24.3 Å². The fourth-order valence-corrected chi connectivity index (χ4v) is 5.77. The molecule has 4 aromatic heterocycles. The second-order valence-electron chi connectivity index (χ2n) is 11.4. The summed E-state index contributed by atoms with van der Waals surface area (Å²) in [4.78, 5) is 41.3. The maximum Gasteiger partial charge on any atom is 0.405 e. The van der Waals surface area contributed by atoms with Gasteiger partial charge in [0.1, 0.15) is 16.8 Å². The van der Waals surface area contributed by atoms with Gasteiger partial charge in [0.2, 0.25) is 0 Å². The number of aromatic nitrogens is 4. The molecule has 0 spiro atoms. The molecule has 8 nitrogen and oxygen atoms in total. The van der Waals surface area contributed by atoms with Gasteiger partial charge in [0.15, 0.2) is 0 Å². The number of pyridine rings is 4. The number of carbonyl (C=O) groups is 2. The Morgan fingerprint density at radius 1 is 0.509 bits per heavy atom. The second-order valence-corrected chi connectivity index (χ2v) is 11.4. The minimum absolute atomic E-state index is 0. The molecule has 6 rings (SSSR count). The van der Waals surface area contributed by atoms with E-state index in [9.17, 15) is 54.9 Å². The van der Waals surface area contributed by atoms with E-state index in [2.05, 4.69) is 32.1 Å². The summed E-state index contributed by atoms with van der Waals surface area (Å²) < 4.78 is 142. The van der Waals surface area contributed by atoms with Gasteiger partial charge in [-0.2, -0.15) is 26.3 Å². The van der Waals surface area contributed by atoms with Crippen molar-refractivity contribution < 1.29 is 106 Å². The molecule has 0 bridgehead atoms. The molecule has 0 saturated carbocycles. The summed E-state index contributed by atoms with van der Waals surface area (Å²) >= 11 is 0. The van der Waals surface area contributed by atoms with Crippen LogP contribution in [0.2, 0.25) is 0 Å². The third-order valence-corrected chi connectivity index (χ3v) is 8.09. The summed E-state index contributed by atoms with van der Waals surface area (Å²) in [5, 5.41) is 19.7. The molecule has 57 heavy (non-hydrogen) atoms. The normalized spacial score (nSPS) is 11.7. The zero-order chi connectivity index (χ0) is 40.0. The van der Waals surface area contributed by atoms with E-state index in [0.29, 0.717) is 0 Å². The van der Waals surface area contributed by atoms with Crippen LogP contribution >= 0.6 is 0 Å². The van der Waals surface area contributed by atoms with Crippen molar-refractivity contribution in [1.82, 2.24) is 19.9 Å². The van der Waals surface area contributed by atoms with Crippen LogP contribution in [0.3, 0.4) is 0 Å². The predicted octanol–water partition coefficient (Wildman–Crippen LogP) is 8.57. The van der Waals surface area contributed by atoms with E-state index in [-0.39, 0.29) is 54.3 Å². The Morgan fingerprint density at radius 2 is 0.825 bits per heavy atom. The Kier molecular flexibility index (Phi) is 12.9. The van der Waals surface area contributed by atoms with Gasteiger partial charge in [0, 0.05) is 53.3 Å². The number of hydrogen-bond donors (Lipinski definition) is 2. The molecular weight excluding hydrogens is 1140 g/mol. The topological polar surface area (TPSA) is 126 Å². The van der Waals surface area contributed by atoms with E-state index >= 15 is 8.78 Å². The SMILES string of the molecule is O=C(O)c1cccc(C(c2cccc(C(=O)O)n2)(c2cccc(-c3[c-]cc(F)c(C(F)(F)F)c3F)n2)c2cccc(-c3[c-]cc(F)c(C(F)(F)F)c3F)n2)n1.[Pt].[Pt]. The standard InChI is InChI=1S/C37H16F10N4O4.2Pt/c38-19-15-13-17(31(40)29(19)36(42,43)44)21-5-1-9-25(48-21)35(27-11-3-7-23(50-27)33(52)53,28-12-4-8-24(51-28)34(54)55)26-10-2-6-22(49-26)18-14-16-20(39)30(32(18)41)37(45,46)47;;/h1-12,15-16H,(H,52,53)(H,54,55);;/q-2;;. The summed E-state index contributed by atoms with van der Waals surface area (Å²) in [6.07, 6.45) is -11.0. The molecule has 0 aliphatic rings. The first kappa shape index (κ1) is 44.4. The first-order chi connectivity index (χ1) is 25.8. The summed E-state index contributed by atoms with van der Waals surface area (Å²) in [5.41, 5.74) is -13.3. The fourth-order valence-electron chi connectivity index (χ4n) is 5.77. The van der Waals surface area contributed by atoms with Crippen LogP contribution < -0.4 is 0 Å². The molecule has 2 N–H and O–H groups in total. The van der Waals surface area contributed by atoms with Crippen LogP contribution in [-0.2, 0) is 59.9 Å². The minimum Gasteiger partial charge on any atom is -0.477 e.